The molecule has 116 valence electrons. The maximum Gasteiger partial charge on any atom is 0.179 e. The van der Waals surface area contributed by atoms with Crippen LogP contribution in [0.2, 0.25) is 0 Å². The molecule has 1 N–H and O–H groups in total. The van der Waals surface area contributed by atoms with Gasteiger partial charge in [0.25, 0.3) is 0 Å². The Balaban J connectivity index is 1.79. The molecule has 0 radical (unpaired) electrons. The number of rotatable bonds is 1. The fraction of sp³-hybridized carbons (Fsp3) is 0.526. The number of Topliss-reactive ketones (excluding diaryl/α,β-unsaturated/α-hetero) is 1. The number of nitrogens with zero attached hydrogens (tertiary/aromatic N) is 1. The van der Waals surface area contributed by atoms with Crippen molar-refractivity contribution in [3.8, 4) is 0 Å². The minimum absolute atomic E-state index is 0.321. The summed E-state index contributed by atoms with van der Waals surface area (Å²) in [4.78, 5) is 18.7. The Bertz CT molecular complexity index is 717. The fourth-order valence-electron chi connectivity index (χ4n) is 4.74. The second kappa shape index (κ2) is 5.24. The van der Waals surface area contributed by atoms with Crippen molar-refractivity contribution in [2.24, 2.45) is 17.8 Å². The quantitative estimate of drug-likeness (QED) is 0.874. The molecule has 3 atom stereocenters. The molecule has 0 unspecified atom stereocenters. The molecule has 2 aromatic rings. The highest BCUT2D eigenvalue weighted by Gasteiger charge is 2.39. The highest BCUT2D eigenvalue weighted by Crippen LogP contribution is 2.40. The van der Waals surface area contributed by atoms with E-state index < -0.39 is 0 Å². The molecule has 1 aliphatic carbocycles. The highest BCUT2D eigenvalue weighted by molar-refractivity contribution is 6.02. The highest BCUT2D eigenvalue weighted by atomic mass is 16.1. The van der Waals surface area contributed by atoms with Crippen molar-refractivity contribution in [3.05, 3.63) is 35.5 Å². The van der Waals surface area contributed by atoms with Gasteiger partial charge in [0, 0.05) is 30.4 Å². The standard InChI is InChI=1S/C19H24N2O/c1-3-12-10-21(2)11-13-8-16-14-6-4-5-7-17(14)20-19(16)18(22)9-15(12)13/h4-7,12-13,15,20H,3,8-11H2,1-2H3/t12-,13+,15-/m0/s1. The van der Waals surface area contributed by atoms with Gasteiger partial charge in [0.15, 0.2) is 5.78 Å². The first kappa shape index (κ1) is 14.0. The van der Waals surface area contributed by atoms with Gasteiger partial charge in [-0.3, -0.25) is 4.79 Å². The van der Waals surface area contributed by atoms with E-state index in [4.69, 9.17) is 0 Å². The number of carbonyl (C=O) groups excluding carboxylic acids is 1. The van der Waals surface area contributed by atoms with Crippen molar-refractivity contribution in [1.82, 2.24) is 9.88 Å². The Morgan fingerprint density at radius 3 is 2.86 bits per heavy atom. The molecule has 1 aliphatic heterocycles. The molecule has 4 rings (SSSR count). The summed E-state index contributed by atoms with van der Waals surface area (Å²) in [6, 6.07) is 8.34. The van der Waals surface area contributed by atoms with Crippen LogP contribution in [0.3, 0.4) is 0 Å². The van der Waals surface area contributed by atoms with Gasteiger partial charge in [-0.05, 0) is 42.9 Å². The van der Waals surface area contributed by atoms with Crippen LogP contribution in [-0.4, -0.2) is 35.8 Å². The van der Waals surface area contributed by atoms with Crippen LogP contribution < -0.4 is 0 Å². The summed E-state index contributed by atoms with van der Waals surface area (Å²) in [5.74, 6) is 2.13. The van der Waals surface area contributed by atoms with Crippen LogP contribution in [0.1, 0.15) is 35.8 Å². The summed E-state index contributed by atoms with van der Waals surface area (Å²) in [7, 11) is 2.22. The minimum Gasteiger partial charge on any atom is -0.352 e. The van der Waals surface area contributed by atoms with Crippen LogP contribution in [0.4, 0.5) is 0 Å². The van der Waals surface area contributed by atoms with E-state index in [1.54, 1.807) is 0 Å². The number of para-hydroxylation sites is 1. The average Bonchev–Trinajstić information content (AvgIpc) is 2.82. The van der Waals surface area contributed by atoms with E-state index in [0.29, 0.717) is 23.5 Å². The molecule has 0 amide bonds. The average molecular weight is 296 g/mol. The molecule has 0 bridgehead atoms. The predicted octanol–water partition coefficient (Wildman–Crippen LogP) is 3.50. The Morgan fingerprint density at radius 1 is 1.23 bits per heavy atom. The van der Waals surface area contributed by atoms with Crippen molar-refractivity contribution in [2.75, 3.05) is 20.1 Å². The number of benzene rings is 1. The van der Waals surface area contributed by atoms with Gasteiger partial charge in [0.1, 0.15) is 0 Å². The fourth-order valence-corrected chi connectivity index (χ4v) is 4.74. The van der Waals surface area contributed by atoms with Gasteiger partial charge >= 0.3 is 0 Å². The molecule has 0 spiro atoms. The molecule has 1 aromatic heterocycles. The maximum absolute atomic E-state index is 12.8. The van der Waals surface area contributed by atoms with Gasteiger partial charge in [0.2, 0.25) is 0 Å². The van der Waals surface area contributed by atoms with Crippen molar-refractivity contribution in [3.63, 3.8) is 0 Å². The van der Waals surface area contributed by atoms with Gasteiger partial charge < -0.3 is 9.88 Å². The van der Waals surface area contributed by atoms with Gasteiger partial charge in [-0.25, -0.2) is 0 Å². The largest absolute Gasteiger partial charge is 0.352 e. The van der Waals surface area contributed by atoms with Gasteiger partial charge in [0.05, 0.1) is 5.69 Å². The number of aromatic nitrogens is 1. The first-order valence-electron chi connectivity index (χ1n) is 8.48. The number of fused-ring (bicyclic) bond motifs is 4. The number of piperidine rings is 1. The molecule has 0 saturated carbocycles. The SMILES string of the molecule is CC[C@H]1CN(C)C[C@H]2Cc3c([nH]c4ccccc34)C(=O)C[C@H]21. The minimum atomic E-state index is 0.321. The monoisotopic (exact) mass is 296 g/mol. The normalized spacial score (nSPS) is 29.2. The number of carbonyl (C=O) groups is 1. The third kappa shape index (κ3) is 2.11. The van der Waals surface area contributed by atoms with Crippen molar-refractivity contribution < 1.29 is 4.79 Å². The summed E-state index contributed by atoms with van der Waals surface area (Å²) in [5.41, 5.74) is 3.25. The van der Waals surface area contributed by atoms with E-state index in [0.717, 1.165) is 37.1 Å². The number of ketones is 1. The maximum atomic E-state index is 12.8. The predicted molar refractivity (Wildman–Crippen MR) is 89.2 cm³/mol. The lowest BCUT2D eigenvalue weighted by molar-refractivity contribution is 0.0638. The van der Waals surface area contributed by atoms with Crippen LogP contribution in [0.25, 0.3) is 10.9 Å². The first-order chi connectivity index (χ1) is 10.7. The van der Waals surface area contributed by atoms with Gasteiger partial charge in [-0.2, -0.15) is 0 Å². The molecule has 1 aromatic carbocycles. The Hall–Kier alpha value is -1.61. The summed E-state index contributed by atoms with van der Waals surface area (Å²) < 4.78 is 0. The molecule has 3 heteroatoms. The zero-order chi connectivity index (χ0) is 15.3. The van der Waals surface area contributed by atoms with E-state index in [-0.39, 0.29) is 0 Å². The van der Waals surface area contributed by atoms with Crippen LogP contribution in [0, 0.1) is 17.8 Å². The lowest BCUT2D eigenvalue weighted by Crippen LogP contribution is -2.45. The summed E-state index contributed by atoms with van der Waals surface area (Å²) in [6.07, 6.45) is 2.93. The topological polar surface area (TPSA) is 36.1 Å². The molecule has 3 nitrogen and oxygen atoms in total. The zero-order valence-corrected chi connectivity index (χ0v) is 13.4. The zero-order valence-electron chi connectivity index (χ0n) is 13.4. The Labute approximate surface area is 131 Å². The third-order valence-corrected chi connectivity index (χ3v) is 5.81. The third-order valence-electron chi connectivity index (χ3n) is 5.81. The first-order valence-corrected chi connectivity index (χ1v) is 8.48. The second-order valence-corrected chi connectivity index (χ2v) is 7.17. The van der Waals surface area contributed by atoms with E-state index in [1.165, 1.54) is 17.4 Å². The molecule has 2 heterocycles. The Kier molecular flexibility index (Phi) is 3.33. The number of H-pyrrole nitrogens is 1. The van der Waals surface area contributed by atoms with E-state index in [9.17, 15) is 4.79 Å². The number of nitrogens with one attached hydrogen (secondary N) is 1. The van der Waals surface area contributed by atoms with E-state index in [2.05, 4.69) is 42.1 Å². The van der Waals surface area contributed by atoms with Crippen molar-refractivity contribution in [1.29, 1.82) is 0 Å². The summed E-state index contributed by atoms with van der Waals surface area (Å²) in [6.45, 7) is 4.53. The molecule has 1 saturated heterocycles. The number of hydrogen-bond donors (Lipinski definition) is 1. The van der Waals surface area contributed by atoms with Crippen LogP contribution in [0.5, 0.6) is 0 Å². The molecular weight excluding hydrogens is 272 g/mol. The molecule has 22 heavy (non-hydrogen) atoms. The smallest absolute Gasteiger partial charge is 0.179 e. The van der Waals surface area contributed by atoms with Gasteiger partial charge in [-0.1, -0.05) is 31.5 Å². The van der Waals surface area contributed by atoms with E-state index in [1.807, 2.05) is 6.07 Å². The van der Waals surface area contributed by atoms with Crippen molar-refractivity contribution >= 4 is 16.7 Å². The molecular formula is C19H24N2O. The lowest BCUT2D eigenvalue weighted by atomic mass is 9.73. The second-order valence-electron chi connectivity index (χ2n) is 7.17. The van der Waals surface area contributed by atoms with Crippen molar-refractivity contribution in [2.45, 2.75) is 26.2 Å². The Morgan fingerprint density at radius 2 is 2.05 bits per heavy atom. The van der Waals surface area contributed by atoms with Crippen LogP contribution in [0.15, 0.2) is 24.3 Å². The van der Waals surface area contributed by atoms with E-state index >= 15 is 0 Å². The van der Waals surface area contributed by atoms with Crippen LogP contribution >= 0.6 is 0 Å². The number of hydrogen-bond acceptors (Lipinski definition) is 2. The summed E-state index contributed by atoms with van der Waals surface area (Å²) >= 11 is 0. The van der Waals surface area contributed by atoms with Crippen LogP contribution in [-0.2, 0) is 6.42 Å². The molecule has 2 aliphatic rings. The van der Waals surface area contributed by atoms with Gasteiger partial charge in [-0.15, -0.1) is 0 Å². The lowest BCUT2D eigenvalue weighted by Gasteiger charge is -2.41. The molecule has 1 fully saturated rings. The number of likely N-dealkylation sites (tertiary alicyclic amines) is 1. The number of aromatic amines is 1. The summed E-state index contributed by atoms with van der Waals surface area (Å²) in [5, 5.41) is 1.24.